The van der Waals surface area contributed by atoms with Crippen molar-refractivity contribution in [1.82, 2.24) is 5.32 Å². The summed E-state index contributed by atoms with van der Waals surface area (Å²) in [4.78, 5) is 0. The van der Waals surface area contributed by atoms with Crippen LogP contribution in [0.3, 0.4) is 0 Å². The Morgan fingerprint density at radius 1 is 1.33 bits per heavy atom. The van der Waals surface area contributed by atoms with Gasteiger partial charge in [-0.15, -0.1) is 0 Å². The van der Waals surface area contributed by atoms with E-state index in [1.807, 2.05) is 0 Å². The average Bonchev–Trinajstić information content (AvgIpc) is 2.31. The zero-order chi connectivity index (χ0) is 10.7. The van der Waals surface area contributed by atoms with Gasteiger partial charge in [-0.1, -0.05) is 6.07 Å². The van der Waals surface area contributed by atoms with Crippen molar-refractivity contribution in [2.75, 3.05) is 20.2 Å². The molecule has 1 aromatic rings. The minimum Gasteiger partial charge on any atom is -0.496 e. The van der Waals surface area contributed by atoms with Gasteiger partial charge >= 0.3 is 0 Å². The van der Waals surface area contributed by atoms with Gasteiger partial charge in [-0.05, 0) is 65.5 Å². The summed E-state index contributed by atoms with van der Waals surface area (Å²) in [5, 5.41) is 3.38. The zero-order valence-corrected chi connectivity index (χ0v) is 10.5. The molecule has 1 fully saturated rings. The van der Waals surface area contributed by atoms with Crippen molar-refractivity contribution in [3.05, 3.63) is 28.2 Å². The van der Waals surface area contributed by atoms with Crippen LogP contribution >= 0.6 is 15.9 Å². The quantitative estimate of drug-likeness (QED) is 0.892. The van der Waals surface area contributed by atoms with E-state index in [1.54, 1.807) is 7.11 Å². The van der Waals surface area contributed by atoms with Gasteiger partial charge in [0.25, 0.3) is 0 Å². The third-order valence-electron chi connectivity index (χ3n) is 2.99. The first kappa shape index (κ1) is 11.0. The Bertz CT molecular complexity index is 334. The highest BCUT2D eigenvalue weighted by molar-refractivity contribution is 9.10. The van der Waals surface area contributed by atoms with E-state index in [4.69, 9.17) is 4.74 Å². The minimum atomic E-state index is 0.688. The highest BCUT2D eigenvalue weighted by atomic mass is 79.9. The molecule has 0 aromatic heterocycles. The van der Waals surface area contributed by atoms with Crippen molar-refractivity contribution in [2.45, 2.75) is 18.8 Å². The van der Waals surface area contributed by atoms with Gasteiger partial charge < -0.3 is 10.1 Å². The van der Waals surface area contributed by atoms with Crippen LogP contribution in [-0.4, -0.2) is 20.2 Å². The zero-order valence-electron chi connectivity index (χ0n) is 8.92. The fourth-order valence-corrected chi connectivity index (χ4v) is 2.49. The van der Waals surface area contributed by atoms with Gasteiger partial charge in [0.15, 0.2) is 0 Å². The predicted octanol–water partition coefficient (Wildman–Crippen LogP) is 2.92. The molecule has 0 radical (unpaired) electrons. The molecule has 2 nitrogen and oxygen atoms in total. The number of rotatable bonds is 2. The molecule has 2 rings (SSSR count). The molecule has 0 aliphatic carbocycles. The monoisotopic (exact) mass is 269 g/mol. The smallest absolute Gasteiger partial charge is 0.133 e. The van der Waals surface area contributed by atoms with Crippen molar-refractivity contribution in [3.8, 4) is 5.75 Å². The Labute approximate surface area is 99.1 Å². The molecule has 1 heterocycles. The highest BCUT2D eigenvalue weighted by Crippen LogP contribution is 2.32. The van der Waals surface area contributed by atoms with Crippen molar-refractivity contribution in [1.29, 1.82) is 0 Å². The number of nitrogens with one attached hydrogen (secondary N) is 1. The van der Waals surface area contributed by atoms with Gasteiger partial charge in [0, 0.05) is 0 Å². The molecule has 1 aromatic carbocycles. The van der Waals surface area contributed by atoms with Crippen LogP contribution < -0.4 is 10.1 Å². The number of hydrogen-bond donors (Lipinski definition) is 1. The summed E-state index contributed by atoms with van der Waals surface area (Å²) in [6.45, 7) is 2.26. The minimum absolute atomic E-state index is 0.688. The number of halogens is 1. The van der Waals surface area contributed by atoms with Crippen molar-refractivity contribution < 1.29 is 4.74 Å². The van der Waals surface area contributed by atoms with Gasteiger partial charge in [0.05, 0.1) is 11.6 Å². The number of hydrogen-bond acceptors (Lipinski definition) is 2. The first-order valence-corrected chi connectivity index (χ1v) is 6.14. The van der Waals surface area contributed by atoms with Crippen molar-refractivity contribution in [2.24, 2.45) is 0 Å². The van der Waals surface area contributed by atoms with E-state index in [2.05, 4.69) is 39.4 Å². The van der Waals surface area contributed by atoms with E-state index < -0.39 is 0 Å². The summed E-state index contributed by atoms with van der Waals surface area (Å²) in [7, 11) is 1.71. The molecular weight excluding hydrogens is 254 g/mol. The Hall–Kier alpha value is -0.540. The van der Waals surface area contributed by atoms with E-state index in [0.717, 1.165) is 23.3 Å². The Kier molecular flexibility index (Phi) is 3.65. The summed E-state index contributed by atoms with van der Waals surface area (Å²) >= 11 is 3.48. The number of piperidine rings is 1. The number of methoxy groups -OCH3 is 1. The maximum absolute atomic E-state index is 5.31. The summed E-state index contributed by atoms with van der Waals surface area (Å²) < 4.78 is 6.34. The Morgan fingerprint density at radius 3 is 2.73 bits per heavy atom. The second kappa shape index (κ2) is 4.99. The molecule has 1 aliphatic heterocycles. The topological polar surface area (TPSA) is 21.3 Å². The molecule has 1 saturated heterocycles. The van der Waals surface area contributed by atoms with E-state index in [-0.39, 0.29) is 0 Å². The van der Waals surface area contributed by atoms with Crippen molar-refractivity contribution >= 4 is 15.9 Å². The standard InChI is InChI=1S/C12H16BrNO/c1-15-12-8-10(2-3-11(12)13)9-4-6-14-7-5-9/h2-3,8-9,14H,4-7H2,1H3. The highest BCUT2D eigenvalue weighted by Gasteiger charge is 2.16. The molecule has 1 aliphatic rings. The summed E-state index contributed by atoms with van der Waals surface area (Å²) in [6.07, 6.45) is 2.45. The van der Waals surface area contributed by atoms with Gasteiger partial charge in [0.1, 0.15) is 5.75 Å². The lowest BCUT2D eigenvalue weighted by Gasteiger charge is -2.23. The van der Waals surface area contributed by atoms with E-state index >= 15 is 0 Å². The summed E-state index contributed by atoms with van der Waals surface area (Å²) in [6, 6.07) is 6.43. The lowest BCUT2D eigenvalue weighted by atomic mass is 9.90. The lowest BCUT2D eigenvalue weighted by Crippen LogP contribution is -2.26. The molecular formula is C12H16BrNO. The van der Waals surface area contributed by atoms with Gasteiger partial charge in [0.2, 0.25) is 0 Å². The van der Waals surface area contributed by atoms with Crippen LogP contribution in [0.2, 0.25) is 0 Å². The van der Waals surface area contributed by atoms with Gasteiger partial charge in [-0.25, -0.2) is 0 Å². The molecule has 3 heteroatoms. The van der Waals surface area contributed by atoms with Crippen LogP contribution in [0.1, 0.15) is 24.3 Å². The average molecular weight is 270 g/mol. The maximum atomic E-state index is 5.31. The molecule has 0 atom stereocenters. The number of benzene rings is 1. The van der Waals surface area contributed by atoms with Crippen LogP contribution in [0, 0.1) is 0 Å². The van der Waals surface area contributed by atoms with Crippen LogP contribution in [0.25, 0.3) is 0 Å². The molecule has 82 valence electrons. The molecule has 0 saturated carbocycles. The normalized spacial score (nSPS) is 17.7. The first-order valence-electron chi connectivity index (χ1n) is 5.35. The number of ether oxygens (including phenoxy) is 1. The van der Waals surface area contributed by atoms with Gasteiger partial charge in [-0.3, -0.25) is 0 Å². The fraction of sp³-hybridized carbons (Fsp3) is 0.500. The molecule has 0 bridgehead atoms. The molecule has 0 unspecified atom stereocenters. The third-order valence-corrected chi connectivity index (χ3v) is 3.64. The van der Waals surface area contributed by atoms with Crippen LogP contribution in [0.15, 0.2) is 22.7 Å². The maximum Gasteiger partial charge on any atom is 0.133 e. The molecule has 0 spiro atoms. The predicted molar refractivity (Wildman–Crippen MR) is 65.5 cm³/mol. The summed E-state index contributed by atoms with van der Waals surface area (Å²) in [5.41, 5.74) is 1.40. The second-order valence-electron chi connectivity index (χ2n) is 3.92. The van der Waals surface area contributed by atoms with Crippen LogP contribution in [-0.2, 0) is 0 Å². The molecule has 15 heavy (non-hydrogen) atoms. The first-order chi connectivity index (χ1) is 7.31. The molecule has 1 N–H and O–H groups in total. The summed E-state index contributed by atoms with van der Waals surface area (Å²) in [5.74, 6) is 1.62. The van der Waals surface area contributed by atoms with E-state index in [9.17, 15) is 0 Å². The SMILES string of the molecule is COc1cc(C2CCNCC2)ccc1Br. The van der Waals surface area contributed by atoms with Gasteiger partial charge in [-0.2, -0.15) is 0 Å². The third kappa shape index (κ3) is 2.52. The largest absolute Gasteiger partial charge is 0.496 e. The Morgan fingerprint density at radius 2 is 2.07 bits per heavy atom. The second-order valence-corrected chi connectivity index (χ2v) is 4.77. The lowest BCUT2D eigenvalue weighted by molar-refractivity contribution is 0.408. The van der Waals surface area contributed by atoms with Crippen LogP contribution in [0.4, 0.5) is 0 Å². The van der Waals surface area contributed by atoms with E-state index in [0.29, 0.717) is 5.92 Å². The van der Waals surface area contributed by atoms with Crippen molar-refractivity contribution in [3.63, 3.8) is 0 Å². The van der Waals surface area contributed by atoms with E-state index in [1.165, 1.54) is 18.4 Å². The van der Waals surface area contributed by atoms with Crippen LogP contribution in [0.5, 0.6) is 5.75 Å². The molecule has 0 amide bonds. The Balaban J connectivity index is 2.20. The fourth-order valence-electron chi connectivity index (χ4n) is 2.09.